The van der Waals surface area contributed by atoms with Crippen LogP contribution in [-0.2, 0) is 4.84 Å². The minimum absolute atomic E-state index is 0.600. The maximum absolute atomic E-state index is 5.67. The van der Waals surface area contributed by atoms with Crippen LogP contribution in [0.5, 0.6) is 0 Å². The molecule has 0 bridgehead atoms. The van der Waals surface area contributed by atoms with E-state index in [2.05, 4.69) is 37.8 Å². The van der Waals surface area contributed by atoms with Gasteiger partial charge in [-0.25, -0.2) is 0 Å². The minimum Gasteiger partial charge on any atom is -0.396 e. The Labute approximate surface area is 151 Å². The monoisotopic (exact) mass is 338 g/mol. The molecule has 0 spiro atoms. The quantitative estimate of drug-likeness (QED) is 0.409. The van der Waals surface area contributed by atoms with E-state index in [1.54, 1.807) is 0 Å². The zero-order valence-corrected chi connectivity index (χ0v) is 16.9. The second-order valence-corrected chi connectivity index (χ2v) is 7.95. The maximum atomic E-state index is 5.67. The van der Waals surface area contributed by atoms with Crippen molar-refractivity contribution in [2.24, 2.45) is 5.16 Å². The molecule has 1 saturated carbocycles. The SMILES string of the molecule is CC(C)N(CCCON=C1CCCCCCCCCCC1)C(C)C. The van der Waals surface area contributed by atoms with Gasteiger partial charge in [-0.05, 0) is 59.8 Å². The van der Waals surface area contributed by atoms with E-state index in [9.17, 15) is 0 Å². The highest BCUT2D eigenvalue weighted by Gasteiger charge is 2.12. The van der Waals surface area contributed by atoms with E-state index in [-0.39, 0.29) is 0 Å². The standard InChI is InChI=1S/C21H42N2O/c1-19(2)23(20(3)4)17-14-18-24-22-21-15-12-10-8-6-5-7-9-11-13-16-21/h19-20H,5-18H2,1-4H3. The molecule has 0 N–H and O–H groups in total. The van der Waals surface area contributed by atoms with Crippen LogP contribution < -0.4 is 0 Å². The van der Waals surface area contributed by atoms with Gasteiger partial charge in [-0.1, -0.05) is 50.1 Å². The summed E-state index contributed by atoms with van der Waals surface area (Å²) in [6, 6.07) is 1.20. The van der Waals surface area contributed by atoms with Crippen molar-refractivity contribution in [1.29, 1.82) is 0 Å². The van der Waals surface area contributed by atoms with E-state index in [1.807, 2.05) is 0 Å². The lowest BCUT2D eigenvalue weighted by Gasteiger charge is -2.30. The van der Waals surface area contributed by atoms with Gasteiger partial charge in [-0.3, -0.25) is 4.90 Å². The molecular formula is C21H42N2O. The summed E-state index contributed by atoms with van der Waals surface area (Å²) in [5.74, 6) is 0. The minimum atomic E-state index is 0.600. The number of hydrogen-bond acceptors (Lipinski definition) is 3. The molecule has 3 nitrogen and oxygen atoms in total. The maximum Gasteiger partial charge on any atom is 0.118 e. The van der Waals surface area contributed by atoms with Crippen LogP contribution in [0.3, 0.4) is 0 Å². The average molecular weight is 339 g/mol. The predicted molar refractivity (Wildman–Crippen MR) is 106 cm³/mol. The molecule has 0 aromatic carbocycles. The van der Waals surface area contributed by atoms with Gasteiger partial charge in [0.05, 0.1) is 5.71 Å². The van der Waals surface area contributed by atoms with Crippen molar-refractivity contribution >= 4 is 5.71 Å². The van der Waals surface area contributed by atoms with Gasteiger partial charge in [0.2, 0.25) is 0 Å². The fourth-order valence-electron chi connectivity index (χ4n) is 3.67. The van der Waals surface area contributed by atoms with Gasteiger partial charge in [0.15, 0.2) is 0 Å². The van der Waals surface area contributed by atoms with Crippen LogP contribution in [0, 0.1) is 0 Å². The third kappa shape index (κ3) is 10.3. The number of oxime groups is 1. The van der Waals surface area contributed by atoms with Gasteiger partial charge in [-0.15, -0.1) is 0 Å². The first-order valence-electron chi connectivity index (χ1n) is 10.5. The van der Waals surface area contributed by atoms with Crippen molar-refractivity contribution in [3.05, 3.63) is 0 Å². The first-order chi connectivity index (χ1) is 11.6. The molecule has 0 radical (unpaired) electrons. The summed E-state index contributed by atoms with van der Waals surface area (Å²) in [5.41, 5.74) is 1.31. The molecule has 24 heavy (non-hydrogen) atoms. The van der Waals surface area contributed by atoms with Crippen molar-refractivity contribution in [1.82, 2.24) is 4.90 Å². The summed E-state index contributed by atoms with van der Waals surface area (Å²) < 4.78 is 0. The summed E-state index contributed by atoms with van der Waals surface area (Å²) in [6.45, 7) is 10.9. The summed E-state index contributed by atoms with van der Waals surface area (Å²) in [7, 11) is 0. The lowest BCUT2D eigenvalue weighted by Crippen LogP contribution is -2.38. The highest BCUT2D eigenvalue weighted by molar-refractivity contribution is 5.83. The molecule has 1 aliphatic carbocycles. The van der Waals surface area contributed by atoms with E-state index < -0.39 is 0 Å². The Morgan fingerprint density at radius 2 is 1.25 bits per heavy atom. The lowest BCUT2D eigenvalue weighted by atomic mass is 10.00. The van der Waals surface area contributed by atoms with Gasteiger partial charge in [0.25, 0.3) is 0 Å². The van der Waals surface area contributed by atoms with Crippen LogP contribution >= 0.6 is 0 Å². The van der Waals surface area contributed by atoms with Crippen LogP contribution in [0.25, 0.3) is 0 Å². The summed E-state index contributed by atoms with van der Waals surface area (Å²) in [6.07, 6.45) is 15.7. The first-order valence-corrected chi connectivity index (χ1v) is 10.5. The second kappa shape index (κ2) is 13.7. The first kappa shape index (κ1) is 21.5. The Balaban J connectivity index is 2.28. The average Bonchev–Trinajstić information content (AvgIpc) is 2.51. The number of hydrogen-bond donors (Lipinski definition) is 0. The molecule has 3 heteroatoms. The van der Waals surface area contributed by atoms with Crippen molar-refractivity contribution in [2.75, 3.05) is 13.2 Å². The van der Waals surface area contributed by atoms with Crippen LogP contribution in [0.1, 0.15) is 105 Å². The van der Waals surface area contributed by atoms with Gasteiger partial charge in [-0.2, -0.15) is 0 Å². The van der Waals surface area contributed by atoms with Crippen LogP contribution in [0.4, 0.5) is 0 Å². The van der Waals surface area contributed by atoms with E-state index >= 15 is 0 Å². The molecule has 0 saturated heterocycles. The van der Waals surface area contributed by atoms with Crippen LogP contribution in [0.2, 0.25) is 0 Å². The number of rotatable bonds is 7. The predicted octanol–water partition coefficient (Wildman–Crippen LogP) is 6.17. The molecule has 0 aromatic rings. The van der Waals surface area contributed by atoms with E-state index in [0.29, 0.717) is 12.1 Å². The normalized spacial score (nSPS) is 18.5. The molecule has 1 fully saturated rings. The molecule has 0 aromatic heterocycles. The molecular weight excluding hydrogens is 296 g/mol. The highest BCUT2D eigenvalue weighted by atomic mass is 16.6. The molecule has 1 aliphatic rings. The number of nitrogens with zero attached hydrogens (tertiary/aromatic N) is 2. The summed E-state index contributed by atoms with van der Waals surface area (Å²) in [4.78, 5) is 8.19. The molecule has 0 atom stereocenters. The molecule has 0 aliphatic heterocycles. The Morgan fingerprint density at radius 3 is 1.71 bits per heavy atom. The lowest BCUT2D eigenvalue weighted by molar-refractivity contribution is 0.110. The van der Waals surface area contributed by atoms with E-state index in [0.717, 1.165) is 32.4 Å². The van der Waals surface area contributed by atoms with Crippen molar-refractivity contribution in [2.45, 2.75) is 117 Å². The zero-order chi connectivity index (χ0) is 17.6. The molecule has 142 valence electrons. The fraction of sp³-hybridized carbons (Fsp3) is 0.952. The van der Waals surface area contributed by atoms with Gasteiger partial charge >= 0.3 is 0 Å². The molecule has 0 heterocycles. The van der Waals surface area contributed by atoms with Crippen molar-refractivity contribution in [3.63, 3.8) is 0 Å². The Hall–Kier alpha value is -0.570. The summed E-state index contributed by atoms with van der Waals surface area (Å²) in [5, 5.41) is 4.50. The molecule has 0 unspecified atom stereocenters. The highest BCUT2D eigenvalue weighted by Crippen LogP contribution is 2.15. The van der Waals surface area contributed by atoms with Gasteiger partial charge < -0.3 is 4.84 Å². The summed E-state index contributed by atoms with van der Waals surface area (Å²) >= 11 is 0. The van der Waals surface area contributed by atoms with Gasteiger partial charge in [0.1, 0.15) is 6.61 Å². The van der Waals surface area contributed by atoms with Gasteiger partial charge in [0, 0.05) is 18.6 Å². The van der Waals surface area contributed by atoms with Crippen molar-refractivity contribution < 1.29 is 4.84 Å². The fourth-order valence-corrected chi connectivity index (χ4v) is 3.67. The Bertz CT molecular complexity index is 304. The largest absolute Gasteiger partial charge is 0.396 e. The second-order valence-electron chi connectivity index (χ2n) is 7.95. The molecule has 0 amide bonds. The third-order valence-corrected chi connectivity index (χ3v) is 5.10. The van der Waals surface area contributed by atoms with E-state index in [4.69, 9.17) is 4.84 Å². The topological polar surface area (TPSA) is 24.8 Å². The molecule has 1 rings (SSSR count). The zero-order valence-electron chi connectivity index (χ0n) is 16.9. The van der Waals surface area contributed by atoms with Crippen molar-refractivity contribution in [3.8, 4) is 0 Å². The third-order valence-electron chi connectivity index (χ3n) is 5.10. The van der Waals surface area contributed by atoms with E-state index in [1.165, 1.54) is 63.5 Å². The Kier molecular flexibility index (Phi) is 12.2. The Morgan fingerprint density at radius 1 is 0.792 bits per heavy atom. The van der Waals surface area contributed by atoms with Crippen LogP contribution in [-0.4, -0.2) is 35.8 Å². The smallest absolute Gasteiger partial charge is 0.118 e. The van der Waals surface area contributed by atoms with Crippen LogP contribution in [0.15, 0.2) is 5.16 Å².